The van der Waals surface area contributed by atoms with Gasteiger partial charge in [-0.15, -0.1) is 11.8 Å². The van der Waals surface area contributed by atoms with Gasteiger partial charge in [-0.25, -0.2) is 4.79 Å². The number of ketones is 1. The number of carbonyl (C=O) groups excluding carboxylic acids is 3. The zero-order valence-corrected chi connectivity index (χ0v) is 12.0. The molecule has 1 aromatic rings. The van der Waals surface area contributed by atoms with E-state index in [4.69, 9.17) is 9.93 Å². The molecule has 1 heterocycles. The Morgan fingerprint density at radius 1 is 1.52 bits per heavy atom. The molecule has 8 nitrogen and oxygen atoms in total. The Labute approximate surface area is 123 Å². The van der Waals surface area contributed by atoms with Crippen molar-refractivity contribution in [3.05, 3.63) is 28.0 Å². The summed E-state index contributed by atoms with van der Waals surface area (Å²) in [7, 11) is 2.63. The predicted molar refractivity (Wildman–Crippen MR) is 73.6 cm³/mol. The normalized spacial score (nSPS) is 13.5. The number of nitrogens with zero attached hydrogens (tertiary/aromatic N) is 1. The van der Waals surface area contributed by atoms with Gasteiger partial charge >= 0.3 is 5.97 Å². The number of aromatic nitrogens is 1. The maximum absolute atomic E-state index is 12.3. The lowest BCUT2D eigenvalue weighted by Gasteiger charge is -2.11. The second-order valence-electron chi connectivity index (χ2n) is 3.94. The maximum Gasteiger partial charge on any atom is 0.361 e. The molecule has 0 bridgehead atoms. The highest BCUT2D eigenvalue weighted by Gasteiger charge is 2.35. The van der Waals surface area contributed by atoms with Crippen molar-refractivity contribution < 1.29 is 23.6 Å². The summed E-state index contributed by atoms with van der Waals surface area (Å²) in [6.07, 6.45) is 1.28. The minimum Gasteiger partial charge on any atom is -0.464 e. The number of rotatable bonds is 4. The van der Waals surface area contributed by atoms with Crippen LogP contribution in [0.4, 0.5) is 0 Å². The summed E-state index contributed by atoms with van der Waals surface area (Å²) in [6.45, 7) is 0. The monoisotopic (exact) mass is 309 g/mol. The van der Waals surface area contributed by atoms with Crippen LogP contribution < -0.4 is 5.32 Å². The predicted octanol–water partition coefficient (Wildman–Crippen LogP) is 0.388. The molecular weight excluding hydrogens is 298 g/mol. The Balaban J connectivity index is 2.33. The number of allylic oxidation sites excluding steroid dienone is 2. The zero-order chi connectivity index (χ0) is 15.6. The minimum absolute atomic E-state index is 0.0233. The van der Waals surface area contributed by atoms with Gasteiger partial charge in [-0.05, 0) is 6.08 Å². The first-order valence-corrected chi connectivity index (χ1v) is 6.74. The summed E-state index contributed by atoms with van der Waals surface area (Å²) in [4.78, 5) is 35.3. The number of ether oxygens (including phenoxy) is 1. The molecule has 1 aliphatic carbocycles. The zero-order valence-electron chi connectivity index (χ0n) is 11.2. The van der Waals surface area contributed by atoms with Gasteiger partial charge in [-0.2, -0.15) is 0 Å². The quantitative estimate of drug-likeness (QED) is 0.771. The summed E-state index contributed by atoms with van der Waals surface area (Å²) < 4.78 is 9.38. The molecule has 21 heavy (non-hydrogen) atoms. The van der Waals surface area contributed by atoms with Gasteiger partial charge in [0.25, 0.3) is 0 Å². The molecule has 0 fully saturated rings. The largest absolute Gasteiger partial charge is 0.464 e. The van der Waals surface area contributed by atoms with Crippen LogP contribution >= 0.6 is 11.8 Å². The van der Waals surface area contributed by atoms with Crippen LogP contribution in [0, 0.1) is 5.41 Å². The molecule has 0 spiro atoms. The van der Waals surface area contributed by atoms with Crippen molar-refractivity contribution >= 4 is 35.1 Å². The molecule has 0 saturated carbocycles. The first-order chi connectivity index (χ1) is 9.99. The van der Waals surface area contributed by atoms with Crippen LogP contribution in [0.1, 0.15) is 26.6 Å². The van der Waals surface area contributed by atoms with Crippen LogP contribution in [0.3, 0.4) is 0 Å². The molecule has 2 rings (SSSR count). The van der Waals surface area contributed by atoms with Crippen LogP contribution in [0.5, 0.6) is 0 Å². The SMILES string of the molecule is CNC(=O)CSC1=CC(=N)c2onc(C(=O)OC)c2C1=O. The third-order valence-corrected chi connectivity index (χ3v) is 3.70. The molecule has 1 amide bonds. The van der Waals surface area contributed by atoms with E-state index in [0.29, 0.717) is 0 Å². The van der Waals surface area contributed by atoms with Crippen LogP contribution in [0.25, 0.3) is 0 Å². The standard InChI is InChI=1S/C12H11N3O5S/c1-14-7(16)4-21-6-3-5(13)11-8(10(6)17)9(15-20-11)12(18)19-2/h3,13H,4H2,1-2H3,(H,14,16). The maximum atomic E-state index is 12.3. The van der Waals surface area contributed by atoms with Gasteiger partial charge < -0.3 is 14.6 Å². The van der Waals surface area contributed by atoms with Crippen molar-refractivity contribution in [2.45, 2.75) is 0 Å². The topological polar surface area (TPSA) is 122 Å². The molecule has 110 valence electrons. The Bertz CT molecular complexity index is 676. The van der Waals surface area contributed by atoms with E-state index in [1.54, 1.807) is 0 Å². The molecule has 9 heteroatoms. The molecule has 0 saturated heterocycles. The fraction of sp³-hybridized carbons (Fsp3) is 0.250. The second kappa shape index (κ2) is 5.92. The summed E-state index contributed by atoms with van der Waals surface area (Å²) >= 11 is 0.974. The average Bonchev–Trinajstić information content (AvgIpc) is 2.93. The minimum atomic E-state index is -0.821. The molecule has 0 radical (unpaired) electrons. The molecular formula is C12H11N3O5S. The molecule has 1 aromatic heterocycles. The van der Waals surface area contributed by atoms with Gasteiger partial charge in [-0.3, -0.25) is 15.0 Å². The highest BCUT2D eigenvalue weighted by Crippen LogP contribution is 2.30. The molecule has 1 aliphatic rings. The molecule has 2 N–H and O–H groups in total. The number of hydrogen-bond acceptors (Lipinski definition) is 8. The number of esters is 1. The van der Waals surface area contributed by atoms with E-state index >= 15 is 0 Å². The second-order valence-corrected chi connectivity index (χ2v) is 4.96. The third kappa shape index (κ3) is 2.72. The van der Waals surface area contributed by atoms with Crippen molar-refractivity contribution in [1.29, 1.82) is 5.41 Å². The number of thioether (sulfide) groups is 1. The van der Waals surface area contributed by atoms with Crippen molar-refractivity contribution in [3.8, 4) is 0 Å². The van der Waals surface area contributed by atoms with Crippen LogP contribution in [0.15, 0.2) is 15.5 Å². The van der Waals surface area contributed by atoms with E-state index in [-0.39, 0.29) is 39.3 Å². The fourth-order valence-electron chi connectivity index (χ4n) is 1.63. The first kappa shape index (κ1) is 15.0. The number of Topliss-reactive ketones (excluding diaryl/α,β-unsaturated/α-hetero) is 1. The lowest BCUT2D eigenvalue weighted by Crippen LogP contribution is -2.22. The lowest BCUT2D eigenvalue weighted by atomic mass is 9.99. The number of nitrogens with one attached hydrogen (secondary N) is 2. The molecule has 0 aliphatic heterocycles. The smallest absolute Gasteiger partial charge is 0.361 e. The molecule has 0 aromatic carbocycles. The van der Waals surface area contributed by atoms with Crippen molar-refractivity contribution in [2.75, 3.05) is 19.9 Å². The van der Waals surface area contributed by atoms with Gasteiger partial charge in [0.1, 0.15) is 11.3 Å². The van der Waals surface area contributed by atoms with Gasteiger partial charge in [-0.1, -0.05) is 5.16 Å². The molecule has 0 atom stereocenters. The highest BCUT2D eigenvalue weighted by atomic mass is 32.2. The van der Waals surface area contributed by atoms with Gasteiger partial charge in [0.2, 0.25) is 17.4 Å². The van der Waals surface area contributed by atoms with E-state index in [1.165, 1.54) is 13.1 Å². The first-order valence-electron chi connectivity index (χ1n) is 5.76. The summed E-state index contributed by atoms with van der Waals surface area (Å²) in [6, 6.07) is 0. The number of fused-ring (bicyclic) bond motifs is 1. The van der Waals surface area contributed by atoms with E-state index in [9.17, 15) is 14.4 Å². The van der Waals surface area contributed by atoms with Gasteiger partial charge in [0.05, 0.1) is 17.8 Å². The van der Waals surface area contributed by atoms with Gasteiger partial charge in [0, 0.05) is 7.05 Å². The average molecular weight is 309 g/mol. The fourth-order valence-corrected chi connectivity index (χ4v) is 2.49. The van der Waals surface area contributed by atoms with Crippen LogP contribution in [-0.4, -0.2) is 48.4 Å². The van der Waals surface area contributed by atoms with Crippen molar-refractivity contribution in [2.24, 2.45) is 0 Å². The number of methoxy groups -OCH3 is 1. The van der Waals surface area contributed by atoms with E-state index in [2.05, 4.69) is 15.2 Å². The van der Waals surface area contributed by atoms with Crippen molar-refractivity contribution in [1.82, 2.24) is 10.5 Å². The van der Waals surface area contributed by atoms with Crippen molar-refractivity contribution in [3.63, 3.8) is 0 Å². The number of carbonyl (C=O) groups is 3. The van der Waals surface area contributed by atoms with Crippen LogP contribution in [-0.2, 0) is 9.53 Å². The number of amides is 1. The Hall–Kier alpha value is -2.42. The summed E-state index contributed by atoms with van der Waals surface area (Å²) in [5, 5.41) is 13.7. The summed E-state index contributed by atoms with van der Waals surface area (Å²) in [5.41, 5.74) is -0.464. The Kier molecular flexibility index (Phi) is 4.22. The third-order valence-electron chi connectivity index (χ3n) is 2.68. The van der Waals surface area contributed by atoms with E-state index in [1.807, 2.05) is 0 Å². The van der Waals surface area contributed by atoms with Gasteiger partial charge in [0.15, 0.2) is 5.76 Å². The summed E-state index contributed by atoms with van der Waals surface area (Å²) in [5.74, 6) is -1.65. The van der Waals surface area contributed by atoms with E-state index in [0.717, 1.165) is 18.9 Å². The van der Waals surface area contributed by atoms with Crippen LogP contribution in [0.2, 0.25) is 0 Å². The Morgan fingerprint density at radius 2 is 2.24 bits per heavy atom. The highest BCUT2D eigenvalue weighted by molar-refractivity contribution is 8.04. The lowest BCUT2D eigenvalue weighted by molar-refractivity contribution is -0.118. The molecule has 0 unspecified atom stereocenters. The van der Waals surface area contributed by atoms with E-state index < -0.39 is 11.8 Å². The Morgan fingerprint density at radius 3 is 2.86 bits per heavy atom. The number of hydrogen-bond donors (Lipinski definition) is 2.